The van der Waals surface area contributed by atoms with Crippen molar-refractivity contribution in [1.82, 2.24) is 29.7 Å². The number of aliphatic hydroxyl groups excluding tert-OH is 2. The van der Waals surface area contributed by atoms with Gasteiger partial charge in [0, 0.05) is 87.9 Å². The predicted octanol–water partition coefficient (Wildman–Crippen LogP) is 6.93. The Morgan fingerprint density at radius 1 is 0.541 bits per heavy atom. The monoisotopic (exact) mass is 1020 g/mol. The molecular weight excluding hydrogens is 947 g/mol. The molecular formula is C56H76F2N10O6. The van der Waals surface area contributed by atoms with Gasteiger partial charge in [-0.05, 0) is 166 Å². The molecule has 2 saturated heterocycles. The third-order valence-electron chi connectivity index (χ3n) is 16.0. The molecule has 2 aromatic heterocycles. The largest absolute Gasteiger partial charge is 0.393 e. The van der Waals surface area contributed by atoms with E-state index in [2.05, 4.69) is 33.6 Å². The molecule has 2 amide bonds. The Balaban J connectivity index is 0.000000182. The minimum absolute atomic E-state index is 0.00632. The van der Waals surface area contributed by atoms with Crippen molar-refractivity contribution in [1.29, 1.82) is 0 Å². The normalized spacial score (nSPS) is 24.8. The van der Waals surface area contributed by atoms with Crippen LogP contribution in [0.4, 0.5) is 32.1 Å². The van der Waals surface area contributed by atoms with E-state index in [9.17, 15) is 38.8 Å². The first kappa shape index (κ1) is 53.3. The Morgan fingerprint density at radius 3 is 1.18 bits per heavy atom. The standard InChI is InChI=1S/2C28H38FN5O3/c2*1-18-17-32(25-11-4-19(16-23(25)29)28(2,3)37)14-15-33(18)27-30-13-12-24(31-27)26(36)34(20-5-6-20)21-7-9-22(35)10-8-21/h2*4,11-13,16,18,20-22,35,37H,5-10,14-15,17H2,1-3H3/t2*18-,21?,22?/m11/s1. The summed E-state index contributed by atoms with van der Waals surface area (Å²) in [5.41, 5.74) is 0.734. The lowest BCUT2D eigenvalue weighted by Crippen LogP contribution is -2.53. The molecule has 6 fully saturated rings. The van der Waals surface area contributed by atoms with Crippen LogP contribution in [0.2, 0.25) is 0 Å². The average Bonchev–Trinajstić information content (AvgIpc) is 4.32. The second-order valence-corrected chi connectivity index (χ2v) is 22.7. The first-order chi connectivity index (χ1) is 35.2. The zero-order valence-corrected chi connectivity index (χ0v) is 44.0. The Labute approximate surface area is 434 Å². The number of nitrogens with zero attached hydrogens (tertiary/aromatic N) is 10. The molecule has 0 unspecified atom stereocenters. The fraction of sp³-hybridized carbons (Fsp3) is 0.607. The number of hydrogen-bond acceptors (Lipinski definition) is 14. The summed E-state index contributed by atoms with van der Waals surface area (Å²) in [7, 11) is 0. The summed E-state index contributed by atoms with van der Waals surface area (Å²) < 4.78 is 29.9. The highest BCUT2D eigenvalue weighted by atomic mass is 19.1. The van der Waals surface area contributed by atoms with Gasteiger partial charge >= 0.3 is 0 Å². The zero-order valence-electron chi connectivity index (χ0n) is 44.0. The number of carbonyl (C=O) groups is 2. The van der Waals surface area contributed by atoms with Crippen molar-refractivity contribution in [2.75, 3.05) is 58.9 Å². The minimum Gasteiger partial charge on any atom is -0.393 e. The molecule has 2 aromatic carbocycles. The molecule has 18 heteroatoms. The third-order valence-corrected chi connectivity index (χ3v) is 16.0. The summed E-state index contributed by atoms with van der Waals surface area (Å²) in [6, 6.07) is 14.1. The van der Waals surface area contributed by atoms with Crippen LogP contribution in [-0.2, 0) is 11.2 Å². The number of halogens is 2. The molecule has 0 bridgehead atoms. The number of piperazine rings is 2. The van der Waals surface area contributed by atoms with E-state index < -0.39 is 11.2 Å². The van der Waals surface area contributed by atoms with E-state index in [4.69, 9.17) is 9.97 Å². The molecule has 400 valence electrons. The number of carbonyl (C=O) groups excluding carboxylic acids is 2. The van der Waals surface area contributed by atoms with Gasteiger partial charge in [-0.3, -0.25) is 9.59 Å². The predicted molar refractivity (Wildman–Crippen MR) is 280 cm³/mol. The lowest BCUT2D eigenvalue weighted by molar-refractivity contribution is 0.0467. The topological polar surface area (TPSA) is 186 Å². The maximum atomic E-state index is 14.9. The fourth-order valence-electron chi connectivity index (χ4n) is 11.3. The Kier molecular flexibility index (Phi) is 15.8. The molecule has 4 aromatic rings. The van der Waals surface area contributed by atoms with Crippen molar-refractivity contribution < 1.29 is 38.8 Å². The molecule has 4 N–H and O–H groups in total. The van der Waals surface area contributed by atoms with E-state index in [1.807, 2.05) is 19.6 Å². The highest BCUT2D eigenvalue weighted by Gasteiger charge is 2.42. The molecule has 2 aliphatic heterocycles. The number of anilines is 4. The van der Waals surface area contributed by atoms with Crippen LogP contribution >= 0.6 is 0 Å². The van der Waals surface area contributed by atoms with Crippen LogP contribution in [0.1, 0.15) is 151 Å². The molecule has 2 atom stereocenters. The second-order valence-electron chi connectivity index (χ2n) is 22.7. The highest BCUT2D eigenvalue weighted by Crippen LogP contribution is 2.38. The van der Waals surface area contributed by atoms with E-state index in [1.54, 1.807) is 76.5 Å². The van der Waals surface area contributed by atoms with Crippen LogP contribution in [0, 0.1) is 11.6 Å². The molecule has 4 saturated carbocycles. The SMILES string of the molecule is C[C@@H]1CN(c2ccc(C(C)(C)O)cc2F)CCN1c1nccc(C(=O)N(C2CCC(O)CC2)C2CC2)n1.C[C@@H]1CN(c2ccc(C(C)(C)O)cc2F)CCN1c1nccc(C(=O)N(C2CCC(O)CC2)C2CC2)n1. The maximum Gasteiger partial charge on any atom is 0.273 e. The summed E-state index contributed by atoms with van der Waals surface area (Å²) in [5, 5.41) is 40.2. The van der Waals surface area contributed by atoms with Crippen molar-refractivity contribution in [3.8, 4) is 0 Å². The van der Waals surface area contributed by atoms with Crippen LogP contribution in [-0.4, -0.2) is 150 Å². The van der Waals surface area contributed by atoms with Gasteiger partial charge in [0.05, 0.1) is 34.8 Å². The van der Waals surface area contributed by atoms with Crippen LogP contribution in [0.25, 0.3) is 0 Å². The van der Waals surface area contributed by atoms with E-state index in [0.717, 1.165) is 77.0 Å². The summed E-state index contributed by atoms with van der Waals surface area (Å²) in [5.74, 6) is 0.246. The van der Waals surface area contributed by atoms with Gasteiger partial charge in [0.2, 0.25) is 11.9 Å². The van der Waals surface area contributed by atoms with Gasteiger partial charge < -0.3 is 49.8 Å². The number of rotatable bonds is 12. The lowest BCUT2D eigenvalue weighted by atomic mass is 9.91. The van der Waals surface area contributed by atoms with E-state index in [1.165, 1.54) is 12.1 Å². The van der Waals surface area contributed by atoms with Gasteiger partial charge in [-0.25, -0.2) is 28.7 Å². The van der Waals surface area contributed by atoms with E-state index in [0.29, 0.717) is 85.1 Å². The quantitative estimate of drug-likeness (QED) is 0.114. The second kappa shape index (κ2) is 22.0. The summed E-state index contributed by atoms with van der Waals surface area (Å²) >= 11 is 0. The molecule has 4 aliphatic carbocycles. The summed E-state index contributed by atoms with van der Waals surface area (Å²) in [4.78, 5) is 57.7. The summed E-state index contributed by atoms with van der Waals surface area (Å²) in [6.45, 7) is 14.2. The van der Waals surface area contributed by atoms with Gasteiger partial charge in [-0.2, -0.15) is 0 Å². The summed E-state index contributed by atoms with van der Waals surface area (Å²) in [6.07, 6.45) is 13.1. The van der Waals surface area contributed by atoms with Crippen LogP contribution in [0.15, 0.2) is 60.9 Å². The zero-order chi connectivity index (χ0) is 52.6. The van der Waals surface area contributed by atoms with Crippen LogP contribution < -0.4 is 19.6 Å². The van der Waals surface area contributed by atoms with Crippen molar-refractivity contribution >= 4 is 35.1 Å². The highest BCUT2D eigenvalue weighted by molar-refractivity contribution is 5.94. The van der Waals surface area contributed by atoms with Crippen molar-refractivity contribution in [2.45, 2.75) is 178 Å². The van der Waals surface area contributed by atoms with Gasteiger partial charge in [-0.1, -0.05) is 12.1 Å². The first-order valence-corrected chi connectivity index (χ1v) is 27.0. The molecule has 74 heavy (non-hydrogen) atoms. The number of aliphatic hydroxyl groups is 4. The lowest BCUT2D eigenvalue weighted by Gasteiger charge is -2.41. The van der Waals surface area contributed by atoms with Crippen molar-refractivity contribution in [2.24, 2.45) is 0 Å². The number of amides is 2. The molecule has 16 nitrogen and oxygen atoms in total. The molecule has 0 radical (unpaired) electrons. The number of aromatic nitrogens is 4. The minimum atomic E-state index is -1.10. The smallest absolute Gasteiger partial charge is 0.273 e. The van der Waals surface area contributed by atoms with Crippen molar-refractivity contribution in [3.63, 3.8) is 0 Å². The van der Waals surface area contributed by atoms with E-state index >= 15 is 0 Å². The van der Waals surface area contributed by atoms with Gasteiger partial charge in [-0.15, -0.1) is 0 Å². The Morgan fingerprint density at radius 2 is 0.878 bits per heavy atom. The molecule has 4 heterocycles. The Hall–Kier alpha value is -5.56. The van der Waals surface area contributed by atoms with Crippen LogP contribution in [0.3, 0.4) is 0 Å². The number of benzene rings is 2. The average molecular weight is 1020 g/mol. The van der Waals surface area contributed by atoms with Crippen molar-refractivity contribution in [3.05, 3.63) is 95.1 Å². The van der Waals surface area contributed by atoms with E-state index in [-0.39, 0.29) is 71.9 Å². The Bertz CT molecular complexity index is 2430. The number of hydrogen-bond donors (Lipinski definition) is 4. The molecule has 10 rings (SSSR count). The first-order valence-electron chi connectivity index (χ1n) is 27.0. The van der Waals surface area contributed by atoms with Gasteiger partial charge in [0.25, 0.3) is 11.8 Å². The van der Waals surface area contributed by atoms with Crippen LogP contribution in [0.5, 0.6) is 0 Å². The third kappa shape index (κ3) is 12.2. The molecule has 0 spiro atoms. The van der Waals surface area contributed by atoms with Gasteiger partial charge in [0.1, 0.15) is 23.0 Å². The van der Waals surface area contributed by atoms with Gasteiger partial charge in [0.15, 0.2) is 0 Å². The molecule has 6 aliphatic rings. The fourth-order valence-corrected chi connectivity index (χ4v) is 11.3. The maximum absolute atomic E-state index is 14.9.